The summed E-state index contributed by atoms with van der Waals surface area (Å²) in [6.45, 7) is 0.643. The Morgan fingerprint density at radius 2 is 2.24 bits per heavy atom. The van der Waals surface area contributed by atoms with Gasteiger partial charge in [0.1, 0.15) is 0 Å². The maximum absolute atomic E-state index is 7.44. The number of anilines is 1. The lowest BCUT2D eigenvalue weighted by atomic mass is 10.2. The van der Waals surface area contributed by atoms with Gasteiger partial charge in [0.15, 0.2) is 5.96 Å². The normalized spacial score (nSPS) is 17.3. The van der Waals surface area contributed by atoms with Crippen LogP contribution in [0.5, 0.6) is 0 Å². The van der Waals surface area contributed by atoms with Crippen LogP contribution in [0.25, 0.3) is 0 Å². The van der Waals surface area contributed by atoms with E-state index < -0.39 is 0 Å². The van der Waals surface area contributed by atoms with Gasteiger partial charge in [0.05, 0.1) is 16.3 Å². The lowest BCUT2D eigenvalue weighted by molar-refractivity contribution is 0.598. The molecule has 0 radical (unpaired) electrons. The summed E-state index contributed by atoms with van der Waals surface area (Å²) in [7, 11) is 0. The van der Waals surface area contributed by atoms with E-state index in [-0.39, 0.29) is 5.96 Å². The number of guanidine groups is 1. The smallest absolute Gasteiger partial charge is 0.192 e. The molecule has 2 aliphatic heterocycles. The van der Waals surface area contributed by atoms with Gasteiger partial charge in [0.25, 0.3) is 0 Å². The molecule has 4 nitrogen and oxygen atoms in total. The van der Waals surface area contributed by atoms with Gasteiger partial charge in [0.2, 0.25) is 0 Å². The second kappa shape index (κ2) is 3.85. The average Bonchev–Trinajstić information content (AvgIpc) is 2.35. The number of fused-ring (bicyclic) bond motifs is 2. The summed E-state index contributed by atoms with van der Waals surface area (Å²) in [6, 6.07) is 8.19. The minimum Gasteiger partial charge on any atom is -0.370 e. The molecule has 5 heteroatoms. The highest BCUT2D eigenvalue weighted by atomic mass is 32.2. The van der Waals surface area contributed by atoms with Crippen molar-refractivity contribution in [2.75, 3.05) is 11.9 Å². The number of benzene rings is 1. The van der Waals surface area contributed by atoms with E-state index in [4.69, 9.17) is 11.1 Å². The number of nitrogens with one attached hydrogen (secondary N) is 2. The van der Waals surface area contributed by atoms with Gasteiger partial charge < -0.3 is 16.0 Å². The molecular formula is C12H12N4S. The molecule has 86 valence electrons. The van der Waals surface area contributed by atoms with Gasteiger partial charge >= 0.3 is 0 Å². The second-order valence-electron chi connectivity index (χ2n) is 3.87. The fourth-order valence-electron chi connectivity index (χ4n) is 1.84. The molecule has 4 N–H and O–H groups in total. The number of nitrogens with zero attached hydrogens (tertiary/aromatic N) is 1. The zero-order chi connectivity index (χ0) is 11.8. The predicted molar refractivity (Wildman–Crippen MR) is 70.7 cm³/mol. The Balaban J connectivity index is 1.97. The molecule has 0 atom stereocenters. The van der Waals surface area contributed by atoms with Gasteiger partial charge in [-0.25, -0.2) is 0 Å². The van der Waals surface area contributed by atoms with Crippen LogP contribution in [0.15, 0.2) is 52.0 Å². The maximum atomic E-state index is 7.44. The van der Waals surface area contributed by atoms with Gasteiger partial charge in [-0.1, -0.05) is 23.9 Å². The average molecular weight is 244 g/mol. The van der Waals surface area contributed by atoms with E-state index in [1.807, 2.05) is 18.3 Å². The number of nitrogens with two attached hydrogens (primary N) is 1. The van der Waals surface area contributed by atoms with Gasteiger partial charge in [-0.3, -0.25) is 5.41 Å². The van der Waals surface area contributed by atoms with Crippen LogP contribution in [0.2, 0.25) is 0 Å². The molecule has 0 spiro atoms. The van der Waals surface area contributed by atoms with Gasteiger partial charge in [-0.15, -0.1) is 0 Å². The van der Waals surface area contributed by atoms with Crippen LogP contribution in [0.3, 0.4) is 0 Å². The Labute approximate surface area is 104 Å². The highest BCUT2D eigenvalue weighted by Gasteiger charge is 2.21. The predicted octanol–water partition coefficient (Wildman–Crippen LogP) is 2.14. The number of hydrogen-bond acceptors (Lipinski definition) is 3. The molecule has 3 rings (SSSR count). The molecule has 0 bridgehead atoms. The first-order chi connectivity index (χ1) is 8.24. The van der Waals surface area contributed by atoms with E-state index in [2.05, 4.69) is 23.5 Å². The molecule has 0 unspecified atom stereocenters. The Hall–Kier alpha value is -1.88. The lowest BCUT2D eigenvalue weighted by Crippen LogP contribution is -2.34. The van der Waals surface area contributed by atoms with Crippen molar-refractivity contribution in [3.8, 4) is 0 Å². The van der Waals surface area contributed by atoms with E-state index in [0.717, 1.165) is 16.3 Å². The van der Waals surface area contributed by atoms with Crippen molar-refractivity contribution in [1.82, 2.24) is 4.90 Å². The first-order valence-electron chi connectivity index (χ1n) is 5.31. The molecule has 2 aliphatic rings. The maximum Gasteiger partial charge on any atom is 0.192 e. The van der Waals surface area contributed by atoms with Gasteiger partial charge in [0, 0.05) is 17.6 Å². The molecule has 0 saturated heterocycles. The summed E-state index contributed by atoms with van der Waals surface area (Å²) in [6.07, 6.45) is 3.98. The van der Waals surface area contributed by atoms with Crippen molar-refractivity contribution in [3.05, 3.63) is 47.1 Å². The van der Waals surface area contributed by atoms with Gasteiger partial charge in [-0.2, -0.15) is 0 Å². The summed E-state index contributed by atoms with van der Waals surface area (Å²) >= 11 is 1.70. The first kappa shape index (κ1) is 10.3. The van der Waals surface area contributed by atoms with E-state index in [1.54, 1.807) is 16.7 Å². The summed E-state index contributed by atoms with van der Waals surface area (Å²) in [5.41, 5.74) is 7.73. The lowest BCUT2D eigenvalue weighted by Gasteiger charge is -2.29. The van der Waals surface area contributed by atoms with E-state index in [9.17, 15) is 0 Å². The zero-order valence-corrected chi connectivity index (χ0v) is 9.92. The van der Waals surface area contributed by atoms with Crippen molar-refractivity contribution >= 4 is 23.4 Å². The number of para-hydroxylation sites is 1. The first-order valence-corrected chi connectivity index (χ1v) is 6.12. The summed E-state index contributed by atoms with van der Waals surface area (Å²) in [4.78, 5) is 4.02. The van der Waals surface area contributed by atoms with Crippen LogP contribution >= 0.6 is 11.8 Å². The standard InChI is InChI=1S/C12H12N4S/c13-12(14)16-6-5-9-11(7-16)17-10-4-2-1-3-8(10)15-9/h1-5,7,15H,6H2,(H3,13,14). The second-order valence-corrected chi connectivity index (χ2v) is 4.96. The van der Waals surface area contributed by atoms with Gasteiger partial charge in [-0.05, 0) is 18.2 Å². The topological polar surface area (TPSA) is 65.1 Å². The SMILES string of the molecule is N=C(N)N1C=C2Sc3ccccc3NC2=CC1. The third-order valence-corrected chi connectivity index (χ3v) is 3.84. The largest absolute Gasteiger partial charge is 0.370 e. The number of hydrogen-bond donors (Lipinski definition) is 3. The van der Waals surface area contributed by atoms with Crippen molar-refractivity contribution in [1.29, 1.82) is 5.41 Å². The molecule has 0 aromatic heterocycles. The molecule has 1 aromatic carbocycles. The van der Waals surface area contributed by atoms with Crippen LogP contribution in [-0.2, 0) is 0 Å². The Kier molecular flexibility index (Phi) is 2.33. The van der Waals surface area contributed by atoms with Crippen molar-refractivity contribution in [2.45, 2.75) is 4.90 Å². The number of thioether (sulfide) groups is 1. The Bertz CT molecular complexity index is 547. The summed E-state index contributed by atoms with van der Waals surface area (Å²) in [5, 5.41) is 10.8. The van der Waals surface area contributed by atoms with Crippen LogP contribution in [-0.4, -0.2) is 17.4 Å². The van der Waals surface area contributed by atoms with Crippen molar-refractivity contribution in [3.63, 3.8) is 0 Å². The van der Waals surface area contributed by atoms with Crippen molar-refractivity contribution < 1.29 is 0 Å². The summed E-state index contributed by atoms with van der Waals surface area (Å²) < 4.78 is 0. The third kappa shape index (κ3) is 1.78. The molecule has 0 fully saturated rings. The highest BCUT2D eigenvalue weighted by Crippen LogP contribution is 2.42. The molecule has 1 aromatic rings. The fourth-order valence-corrected chi connectivity index (χ4v) is 2.88. The minimum atomic E-state index is 0.0762. The van der Waals surface area contributed by atoms with Crippen LogP contribution < -0.4 is 11.1 Å². The van der Waals surface area contributed by atoms with Crippen LogP contribution in [0.4, 0.5) is 5.69 Å². The molecular weight excluding hydrogens is 232 g/mol. The molecule has 0 amide bonds. The third-order valence-electron chi connectivity index (χ3n) is 2.72. The van der Waals surface area contributed by atoms with Crippen molar-refractivity contribution in [2.24, 2.45) is 5.73 Å². The Morgan fingerprint density at radius 3 is 3.06 bits per heavy atom. The zero-order valence-electron chi connectivity index (χ0n) is 9.10. The fraction of sp³-hybridized carbons (Fsp3) is 0.0833. The van der Waals surface area contributed by atoms with Crippen LogP contribution in [0.1, 0.15) is 0 Å². The summed E-state index contributed by atoms with van der Waals surface area (Å²) in [5.74, 6) is 0.0762. The molecule has 0 saturated carbocycles. The quantitative estimate of drug-likeness (QED) is 0.483. The number of rotatable bonds is 0. The highest BCUT2D eigenvalue weighted by molar-refractivity contribution is 8.03. The van der Waals surface area contributed by atoms with E-state index >= 15 is 0 Å². The van der Waals surface area contributed by atoms with Crippen LogP contribution in [0, 0.1) is 5.41 Å². The molecule has 0 aliphatic carbocycles. The van der Waals surface area contributed by atoms with E-state index in [0.29, 0.717) is 6.54 Å². The minimum absolute atomic E-state index is 0.0762. The molecule has 2 heterocycles. The Morgan fingerprint density at radius 1 is 1.41 bits per heavy atom. The monoisotopic (exact) mass is 244 g/mol. The van der Waals surface area contributed by atoms with E-state index in [1.165, 1.54) is 4.90 Å². The molecule has 17 heavy (non-hydrogen) atoms.